The molecule has 0 aliphatic carbocycles. The van der Waals surface area contributed by atoms with E-state index in [1.54, 1.807) is 36.0 Å². The third kappa shape index (κ3) is 3.76. The van der Waals surface area contributed by atoms with Gasteiger partial charge in [0, 0.05) is 4.90 Å². The highest BCUT2D eigenvalue weighted by Gasteiger charge is 2.36. The van der Waals surface area contributed by atoms with Crippen LogP contribution in [0.15, 0.2) is 29.2 Å². The molecule has 1 rings (SSSR count). The lowest BCUT2D eigenvalue weighted by Gasteiger charge is -2.15. The van der Waals surface area contributed by atoms with E-state index in [1.807, 2.05) is 6.26 Å². The molecule has 5 heteroatoms. The average molecular weight is 235 g/mol. The van der Waals surface area contributed by atoms with Crippen molar-refractivity contribution in [2.24, 2.45) is 5.73 Å². The molecule has 0 bridgehead atoms. The number of benzene rings is 1. The van der Waals surface area contributed by atoms with E-state index in [1.165, 1.54) is 0 Å². The van der Waals surface area contributed by atoms with Crippen LogP contribution in [0.4, 0.5) is 13.2 Å². The van der Waals surface area contributed by atoms with Crippen LogP contribution < -0.4 is 5.73 Å². The largest absolute Gasteiger partial charge is 0.403 e. The van der Waals surface area contributed by atoms with Crippen LogP contribution in [0.5, 0.6) is 0 Å². The minimum atomic E-state index is -4.32. The number of rotatable bonds is 3. The standard InChI is InChI=1S/C10H12F3NS/c1-15-8-4-2-7(3-5-8)6-9(14)10(11,12)13/h2-5,9H,6,14H2,1H3. The zero-order valence-corrected chi connectivity index (χ0v) is 9.03. The Bertz CT molecular complexity index is 307. The van der Waals surface area contributed by atoms with Gasteiger partial charge in [0.25, 0.3) is 0 Å². The third-order valence-electron chi connectivity index (χ3n) is 2.04. The van der Waals surface area contributed by atoms with Crippen LogP contribution in [0.25, 0.3) is 0 Å². The van der Waals surface area contributed by atoms with E-state index >= 15 is 0 Å². The first-order valence-corrected chi connectivity index (χ1v) is 5.61. The number of hydrogen-bond acceptors (Lipinski definition) is 2. The van der Waals surface area contributed by atoms with Gasteiger partial charge in [0.05, 0.1) is 0 Å². The zero-order valence-electron chi connectivity index (χ0n) is 8.21. The molecular formula is C10H12F3NS. The average Bonchev–Trinajstić information content (AvgIpc) is 2.17. The molecule has 1 nitrogen and oxygen atoms in total. The van der Waals surface area contributed by atoms with E-state index in [9.17, 15) is 13.2 Å². The predicted octanol–water partition coefficient (Wildman–Crippen LogP) is 2.84. The summed E-state index contributed by atoms with van der Waals surface area (Å²) in [5, 5.41) is 0. The van der Waals surface area contributed by atoms with Crippen LogP contribution >= 0.6 is 11.8 Å². The first kappa shape index (κ1) is 12.4. The van der Waals surface area contributed by atoms with Crippen molar-refractivity contribution in [2.75, 3.05) is 6.26 Å². The molecule has 0 radical (unpaired) electrons. The molecular weight excluding hydrogens is 223 g/mol. The van der Waals surface area contributed by atoms with E-state index in [4.69, 9.17) is 5.73 Å². The summed E-state index contributed by atoms with van der Waals surface area (Å²) < 4.78 is 36.5. The minimum Gasteiger partial charge on any atom is -0.320 e. The quantitative estimate of drug-likeness (QED) is 0.815. The monoisotopic (exact) mass is 235 g/mol. The van der Waals surface area contributed by atoms with Gasteiger partial charge in [-0.3, -0.25) is 0 Å². The SMILES string of the molecule is CSc1ccc(CC(N)C(F)(F)F)cc1. The minimum absolute atomic E-state index is 0.168. The van der Waals surface area contributed by atoms with Gasteiger partial charge < -0.3 is 5.73 Å². The lowest BCUT2D eigenvalue weighted by atomic mass is 10.1. The molecule has 1 atom stereocenters. The number of thioether (sulfide) groups is 1. The fourth-order valence-electron chi connectivity index (χ4n) is 1.13. The van der Waals surface area contributed by atoms with E-state index in [2.05, 4.69) is 0 Å². The predicted molar refractivity (Wildman–Crippen MR) is 56.0 cm³/mol. The van der Waals surface area contributed by atoms with Crippen molar-refractivity contribution in [2.45, 2.75) is 23.5 Å². The molecule has 0 heterocycles. The lowest BCUT2D eigenvalue weighted by Crippen LogP contribution is -2.39. The normalized spacial score (nSPS) is 13.9. The molecule has 15 heavy (non-hydrogen) atoms. The van der Waals surface area contributed by atoms with Gasteiger partial charge in [0.2, 0.25) is 0 Å². The van der Waals surface area contributed by atoms with Crippen LogP contribution in [0.1, 0.15) is 5.56 Å². The molecule has 0 saturated heterocycles. The fourth-order valence-corrected chi connectivity index (χ4v) is 1.54. The van der Waals surface area contributed by atoms with Gasteiger partial charge in [0.15, 0.2) is 0 Å². The molecule has 1 aromatic rings. The maximum absolute atomic E-state index is 12.2. The molecule has 0 aromatic heterocycles. The van der Waals surface area contributed by atoms with Gasteiger partial charge in [-0.15, -0.1) is 11.8 Å². The zero-order chi connectivity index (χ0) is 11.5. The second-order valence-electron chi connectivity index (χ2n) is 3.20. The third-order valence-corrected chi connectivity index (χ3v) is 2.78. The first-order valence-electron chi connectivity index (χ1n) is 4.38. The van der Waals surface area contributed by atoms with Crippen molar-refractivity contribution < 1.29 is 13.2 Å². The number of nitrogens with two attached hydrogens (primary N) is 1. The molecule has 0 spiro atoms. The van der Waals surface area contributed by atoms with E-state index in [-0.39, 0.29) is 6.42 Å². The smallest absolute Gasteiger partial charge is 0.320 e. The van der Waals surface area contributed by atoms with E-state index in [0.717, 1.165) is 4.90 Å². The summed E-state index contributed by atoms with van der Waals surface area (Å²) in [6.45, 7) is 0. The molecule has 0 aliphatic heterocycles. The summed E-state index contributed by atoms with van der Waals surface area (Å²) in [6, 6.07) is 5.17. The summed E-state index contributed by atoms with van der Waals surface area (Å²) in [5.41, 5.74) is 5.63. The Labute approximate surface area is 90.9 Å². The Balaban J connectivity index is 2.65. The van der Waals surface area contributed by atoms with Crippen molar-refractivity contribution in [3.63, 3.8) is 0 Å². The van der Waals surface area contributed by atoms with Gasteiger partial charge >= 0.3 is 6.18 Å². The molecule has 1 aromatic carbocycles. The van der Waals surface area contributed by atoms with Crippen LogP contribution in [0.2, 0.25) is 0 Å². The highest BCUT2D eigenvalue weighted by Crippen LogP contribution is 2.22. The van der Waals surface area contributed by atoms with Crippen LogP contribution in [0.3, 0.4) is 0 Å². The molecule has 0 amide bonds. The summed E-state index contributed by atoms with van der Waals surface area (Å²) in [5.74, 6) is 0. The number of halogens is 3. The molecule has 0 saturated carbocycles. The van der Waals surface area contributed by atoms with Crippen molar-refractivity contribution in [1.29, 1.82) is 0 Å². The van der Waals surface area contributed by atoms with Gasteiger partial charge in [-0.1, -0.05) is 12.1 Å². The topological polar surface area (TPSA) is 26.0 Å². The second-order valence-corrected chi connectivity index (χ2v) is 4.08. The Hall–Kier alpha value is -0.680. The highest BCUT2D eigenvalue weighted by molar-refractivity contribution is 7.98. The molecule has 84 valence electrons. The second kappa shape index (κ2) is 4.90. The molecule has 0 fully saturated rings. The number of alkyl halides is 3. The Morgan fingerprint density at radius 2 is 1.80 bits per heavy atom. The van der Waals surface area contributed by atoms with Gasteiger partial charge in [-0.05, 0) is 30.4 Å². The molecule has 2 N–H and O–H groups in total. The summed E-state index contributed by atoms with van der Waals surface area (Å²) >= 11 is 1.55. The van der Waals surface area contributed by atoms with Gasteiger partial charge in [-0.25, -0.2) is 0 Å². The van der Waals surface area contributed by atoms with Gasteiger partial charge in [-0.2, -0.15) is 13.2 Å². The summed E-state index contributed by atoms with van der Waals surface area (Å²) in [7, 11) is 0. The fraction of sp³-hybridized carbons (Fsp3) is 0.400. The van der Waals surface area contributed by atoms with Crippen LogP contribution in [-0.4, -0.2) is 18.5 Å². The molecule has 0 aliphatic rings. The van der Waals surface area contributed by atoms with Crippen LogP contribution in [0, 0.1) is 0 Å². The van der Waals surface area contributed by atoms with Crippen molar-refractivity contribution >= 4 is 11.8 Å². The van der Waals surface area contributed by atoms with Crippen molar-refractivity contribution in [1.82, 2.24) is 0 Å². The lowest BCUT2D eigenvalue weighted by molar-refractivity contribution is -0.147. The Morgan fingerprint density at radius 1 is 1.27 bits per heavy atom. The first-order chi connectivity index (χ1) is 6.93. The van der Waals surface area contributed by atoms with Gasteiger partial charge in [0.1, 0.15) is 6.04 Å². The Kier molecular flexibility index (Phi) is 4.04. The maximum atomic E-state index is 12.2. The van der Waals surface area contributed by atoms with E-state index < -0.39 is 12.2 Å². The van der Waals surface area contributed by atoms with Crippen molar-refractivity contribution in [3.8, 4) is 0 Å². The summed E-state index contributed by atoms with van der Waals surface area (Å²) in [4.78, 5) is 1.03. The van der Waals surface area contributed by atoms with E-state index in [0.29, 0.717) is 5.56 Å². The summed E-state index contributed by atoms with van der Waals surface area (Å²) in [6.07, 6.45) is -2.58. The number of hydrogen-bond donors (Lipinski definition) is 1. The highest BCUT2D eigenvalue weighted by atomic mass is 32.2. The maximum Gasteiger partial charge on any atom is 0.403 e. The Morgan fingerprint density at radius 3 is 2.20 bits per heavy atom. The van der Waals surface area contributed by atoms with Crippen molar-refractivity contribution in [3.05, 3.63) is 29.8 Å². The molecule has 1 unspecified atom stereocenters. The van der Waals surface area contributed by atoms with Crippen LogP contribution in [-0.2, 0) is 6.42 Å².